The first-order valence-corrected chi connectivity index (χ1v) is 5.02. The van der Waals surface area contributed by atoms with E-state index in [4.69, 9.17) is 5.11 Å². The number of hydrogen-bond acceptors (Lipinski definition) is 2. The van der Waals surface area contributed by atoms with Crippen LogP contribution in [0.4, 0.5) is 4.39 Å². The van der Waals surface area contributed by atoms with E-state index in [-0.39, 0.29) is 17.7 Å². The van der Waals surface area contributed by atoms with Crippen molar-refractivity contribution in [1.29, 1.82) is 0 Å². The zero-order chi connectivity index (χ0) is 11.3. The van der Waals surface area contributed by atoms with E-state index in [0.717, 1.165) is 5.69 Å². The number of hydrogen-bond donors (Lipinski definition) is 1. The molecule has 2 atom stereocenters. The molecule has 0 saturated heterocycles. The molecule has 3 rings (SSSR count). The van der Waals surface area contributed by atoms with Crippen molar-refractivity contribution in [2.75, 3.05) is 0 Å². The Balaban J connectivity index is 2.05. The monoisotopic (exact) mass is 220 g/mol. The second kappa shape index (κ2) is 3.04. The van der Waals surface area contributed by atoms with E-state index in [9.17, 15) is 9.18 Å². The molecule has 1 fully saturated rings. The number of rotatable bonds is 2. The van der Waals surface area contributed by atoms with E-state index in [1.54, 1.807) is 16.7 Å². The number of pyridine rings is 1. The van der Waals surface area contributed by atoms with Gasteiger partial charge >= 0.3 is 5.97 Å². The first-order valence-electron chi connectivity index (χ1n) is 5.02. The zero-order valence-corrected chi connectivity index (χ0v) is 8.30. The summed E-state index contributed by atoms with van der Waals surface area (Å²) in [5.41, 5.74) is 1.43. The van der Waals surface area contributed by atoms with Gasteiger partial charge in [0.15, 0.2) is 0 Å². The number of aromatic nitrogens is 2. The minimum Gasteiger partial charge on any atom is -0.481 e. The second-order valence-corrected chi connectivity index (χ2v) is 4.05. The highest BCUT2D eigenvalue weighted by atomic mass is 19.1. The quantitative estimate of drug-likeness (QED) is 0.837. The van der Waals surface area contributed by atoms with Gasteiger partial charge in [0, 0.05) is 24.0 Å². The molecule has 0 aliphatic heterocycles. The summed E-state index contributed by atoms with van der Waals surface area (Å²) in [6.45, 7) is 0. The van der Waals surface area contributed by atoms with Crippen molar-refractivity contribution in [2.24, 2.45) is 5.92 Å². The topological polar surface area (TPSA) is 54.6 Å². The Morgan fingerprint density at radius 2 is 2.38 bits per heavy atom. The third-order valence-corrected chi connectivity index (χ3v) is 2.99. The first kappa shape index (κ1) is 9.33. The molecular weight excluding hydrogens is 211 g/mol. The smallest absolute Gasteiger partial charge is 0.307 e. The van der Waals surface area contributed by atoms with Gasteiger partial charge in [-0.2, -0.15) is 0 Å². The number of nitrogens with zero attached hydrogens (tertiary/aromatic N) is 2. The van der Waals surface area contributed by atoms with Crippen molar-refractivity contribution in [1.82, 2.24) is 9.38 Å². The average molecular weight is 220 g/mol. The lowest BCUT2D eigenvalue weighted by Crippen LogP contribution is -2.00. The molecule has 2 heterocycles. The highest BCUT2D eigenvalue weighted by Gasteiger charge is 2.45. The summed E-state index contributed by atoms with van der Waals surface area (Å²) in [6, 6.07) is 2.92. The Morgan fingerprint density at radius 3 is 3.06 bits per heavy atom. The number of carboxylic acid groups (broad SMARTS) is 1. The number of fused-ring (bicyclic) bond motifs is 1. The molecule has 16 heavy (non-hydrogen) atoms. The fourth-order valence-corrected chi connectivity index (χ4v) is 2.04. The van der Waals surface area contributed by atoms with Crippen molar-refractivity contribution < 1.29 is 14.3 Å². The predicted octanol–water partition coefficient (Wildman–Crippen LogP) is 1.66. The predicted molar refractivity (Wildman–Crippen MR) is 53.6 cm³/mol. The van der Waals surface area contributed by atoms with Crippen LogP contribution in [-0.4, -0.2) is 20.5 Å². The fourth-order valence-electron chi connectivity index (χ4n) is 2.04. The van der Waals surface area contributed by atoms with E-state index < -0.39 is 5.97 Å². The Morgan fingerprint density at radius 1 is 1.56 bits per heavy atom. The summed E-state index contributed by atoms with van der Waals surface area (Å²) >= 11 is 0. The molecule has 0 spiro atoms. The van der Waals surface area contributed by atoms with Crippen LogP contribution in [-0.2, 0) is 4.79 Å². The van der Waals surface area contributed by atoms with Gasteiger partial charge in [-0.25, -0.2) is 9.37 Å². The summed E-state index contributed by atoms with van der Waals surface area (Å²) in [7, 11) is 0. The minimum absolute atomic E-state index is 0.0331. The van der Waals surface area contributed by atoms with E-state index in [0.29, 0.717) is 12.1 Å². The third-order valence-electron chi connectivity index (χ3n) is 2.99. The first-order chi connectivity index (χ1) is 7.66. The second-order valence-electron chi connectivity index (χ2n) is 4.05. The van der Waals surface area contributed by atoms with Crippen LogP contribution >= 0.6 is 0 Å². The van der Waals surface area contributed by atoms with Gasteiger partial charge in [-0.15, -0.1) is 0 Å². The van der Waals surface area contributed by atoms with Gasteiger partial charge in [0.2, 0.25) is 0 Å². The molecule has 0 bridgehead atoms. The maximum absolute atomic E-state index is 13.1. The maximum Gasteiger partial charge on any atom is 0.307 e. The third kappa shape index (κ3) is 1.28. The normalized spacial score (nSPS) is 23.6. The van der Waals surface area contributed by atoms with Crippen LogP contribution in [0, 0.1) is 11.7 Å². The summed E-state index contributed by atoms with van der Waals surface area (Å²) in [6.07, 6.45) is 3.58. The lowest BCUT2D eigenvalue weighted by molar-refractivity contribution is -0.138. The van der Waals surface area contributed by atoms with E-state index >= 15 is 0 Å². The van der Waals surface area contributed by atoms with Crippen LogP contribution in [0.1, 0.15) is 18.0 Å². The van der Waals surface area contributed by atoms with Gasteiger partial charge in [0.1, 0.15) is 11.5 Å². The molecule has 0 radical (unpaired) electrons. The molecule has 2 unspecified atom stereocenters. The average Bonchev–Trinajstić information content (AvgIpc) is 2.93. The SMILES string of the molecule is O=C(O)C1CC1c1cnc2ccc(F)cn12. The molecule has 4 nitrogen and oxygen atoms in total. The van der Waals surface area contributed by atoms with Gasteiger partial charge in [0.05, 0.1) is 5.92 Å². The number of aliphatic carboxylic acids is 1. The van der Waals surface area contributed by atoms with Crippen LogP contribution < -0.4 is 0 Å². The van der Waals surface area contributed by atoms with Gasteiger partial charge in [-0.05, 0) is 18.6 Å². The van der Waals surface area contributed by atoms with Gasteiger partial charge in [0.25, 0.3) is 0 Å². The highest BCUT2D eigenvalue weighted by molar-refractivity contribution is 5.75. The number of carboxylic acids is 1. The molecule has 0 aromatic carbocycles. The summed E-state index contributed by atoms with van der Waals surface area (Å²) < 4.78 is 14.7. The Labute approximate surface area is 90.3 Å². The van der Waals surface area contributed by atoms with Crippen LogP contribution in [0.25, 0.3) is 5.65 Å². The Hall–Kier alpha value is -1.91. The summed E-state index contributed by atoms with van der Waals surface area (Å²) in [5, 5.41) is 8.85. The van der Waals surface area contributed by atoms with E-state index in [2.05, 4.69) is 4.98 Å². The van der Waals surface area contributed by atoms with Crippen LogP contribution in [0.15, 0.2) is 24.5 Å². The summed E-state index contributed by atoms with van der Waals surface area (Å²) in [4.78, 5) is 14.9. The summed E-state index contributed by atoms with van der Waals surface area (Å²) in [5.74, 6) is -1.52. The zero-order valence-electron chi connectivity index (χ0n) is 8.30. The van der Waals surface area contributed by atoms with Crippen molar-refractivity contribution in [3.05, 3.63) is 36.0 Å². The van der Waals surface area contributed by atoms with Gasteiger partial charge in [-0.1, -0.05) is 0 Å². The maximum atomic E-state index is 13.1. The molecule has 5 heteroatoms. The van der Waals surface area contributed by atoms with Gasteiger partial charge < -0.3 is 9.51 Å². The molecule has 1 N–H and O–H groups in total. The molecule has 1 aliphatic rings. The van der Waals surface area contributed by atoms with Crippen molar-refractivity contribution in [3.63, 3.8) is 0 Å². The van der Waals surface area contributed by atoms with Gasteiger partial charge in [-0.3, -0.25) is 4.79 Å². The van der Waals surface area contributed by atoms with Crippen molar-refractivity contribution >= 4 is 11.6 Å². The molecule has 0 amide bonds. The Bertz CT molecular complexity index is 578. The molecule has 1 saturated carbocycles. The number of carbonyl (C=O) groups is 1. The van der Waals surface area contributed by atoms with Crippen LogP contribution in [0.5, 0.6) is 0 Å². The van der Waals surface area contributed by atoms with Crippen molar-refractivity contribution in [3.8, 4) is 0 Å². The fraction of sp³-hybridized carbons (Fsp3) is 0.273. The van der Waals surface area contributed by atoms with E-state index in [1.807, 2.05) is 0 Å². The highest BCUT2D eigenvalue weighted by Crippen LogP contribution is 2.47. The number of imidazole rings is 1. The van der Waals surface area contributed by atoms with Crippen LogP contribution in [0.3, 0.4) is 0 Å². The molecule has 82 valence electrons. The van der Waals surface area contributed by atoms with E-state index in [1.165, 1.54) is 12.3 Å². The molecular formula is C11H9FN2O2. The standard InChI is InChI=1S/C11H9FN2O2/c12-6-1-2-10-13-4-9(14(10)5-6)7-3-8(7)11(15)16/h1-2,4-5,7-8H,3H2,(H,15,16). The number of halogens is 1. The molecule has 2 aromatic rings. The lowest BCUT2D eigenvalue weighted by Gasteiger charge is -1.99. The Kier molecular flexibility index (Phi) is 1.77. The minimum atomic E-state index is -0.795. The molecule has 2 aromatic heterocycles. The van der Waals surface area contributed by atoms with Crippen LogP contribution in [0.2, 0.25) is 0 Å². The lowest BCUT2D eigenvalue weighted by atomic mass is 10.2. The largest absolute Gasteiger partial charge is 0.481 e. The van der Waals surface area contributed by atoms with Crippen molar-refractivity contribution in [2.45, 2.75) is 12.3 Å². The molecule has 1 aliphatic carbocycles.